The summed E-state index contributed by atoms with van der Waals surface area (Å²) in [6.45, 7) is 7.02. The van der Waals surface area contributed by atoms with Crippen molar-refractivity contribution < 1.29 is 14.3 Å². The molecule has 3 heterocycles. The molecule has 3 atom stereocenters. The fraction of sp³-hybridized carbons (Fsp3) is 0.444. The van der Waals surface area contributed by atoms with Gasteiger partial charge in [0.1, 0.15) is 17.9 Å². The van der Waals surface area contributed by atoms with Crippen LogP contribution >= 0.6 is 0 Å². The van der Waals surface area contributed by atoms with Gasteiger partial charge in [0.15, 0.2) is 0 Å². The van der Waals surface area contributed by atoms with Gasteiger partial charge in [0.25, 0.3) is 5.91 Å². The second kappa shape index (κ2) is 9.58. The SMILES string of the molecule is C=C1CCC(N2Cc3cc(O[C@H]4CCCC[C@@H]4NCc4ccc(C)nc4)ccc3C2=O)C(=O)N1. The van der Waals surface area contributed by atoms with E-state index in [4.69, 9.17) is 4.74 Å². The number of hydrogen-bond acceptors (Lipinski definition) is 5. The molecule has 1 aliphatic carbocycles. The highest BCUT2D eigenvalue weighted by atomic mass is 16.5. The third-order valence-corrected chi connectivity index (χ3v) is 7.14. The molecule has 2 aromatic rings. The first-order valence-electron chi connectivity index (χ1n) is 12.2. The average molecular weight is 461 g/mol. The molecule has 1 saturated carbocycles. The van der Waals surface area contributed by atoms with Crippen LogP contribution in [0.1, 0.15) is 65.7 Å². The number of aromatic nitrogens is 1. The summed E-state index contributed by atoms with van der Waals surface area (Å²) < 4.78 is 6.45. The summed E-state index contributed by atoms with van der Waals surface area (Å²) in [5, 5.41) is 6.45. The molecule has 1 saturated heterocycles. The van der Waals surface area contributed by atoms with Gasteiger partial charge in [-0.15, -0.1) is 0 Å². The minimum absolute atomic E-state index is 0.0774. The van der Waals surface area contributed by atoms with Crippen LogP contribution in [0.3, 0.4) is 0 Å². The van der Waals surface area contributed by atoms with Crippen LogP contribution in [0.25, 0.3) is 0 Å². The van der Waals surface area contributed by atoms with E-state index in [9.17, 15) is 9.59 Å². The van der Waals surface area contributed by atoms with Gasteiger partial charge < -0.3 is 20.3 Å². The van der Waals surface area contributed by atoms with E-state index < -0.39 is 6.04 Å². The summed E-state index contributed by atoms with van der Waals surface area (Å²) in [5.74, 6) is 0.553. The Bertz CT molecular complexity index is 1100. The summed E-state index contributed by atoms with van der Waals surface area (Å²) in [6.07, 6.45) is 7.71. The van der Waals surface area contributed by atoms with Crippen molar-refractivity contribution in [1.82, 2.24) is 20.5 Å². The van der Waals surface area contributed by atoms with Crippen molar-refractivity contribution in [2.24, 2.45) is 0 Å². The second-order valence-electron chi connectivity index (χ2n) is 9.64. The first-order chi connectivity index (χ1) is 16.5. The smallest absolute Gasteiger partial charge is 0.255 e. The number of benzene rings is 1. The van der Waals surface area contributed by atoms with Gasteiger partial charge in [-0.3, -0.25) is 14.6 Å². The van der Waals surface area contributed by atoms with Gasteiger partial charge in [-0.2, -0.15) is 0 Å². The molecule has 0 bridgehead atoms. The minimum atomic E-state index is -0.446. The molecule has 2 aliphatic heterocycles. The van der Waals surface area contributed by atoms with Crippen LogP contribution in [0.5, 0.6) is 5.75 Å². The lowest BCUT2D eigenvalue weighted by Crippen LogP contribution is -2.49. The Hall–Kier alpha value is -3.19. The Balaban J connectivity index is 1.24. The second-order valence-corrected chi connectivity index (χ2v) is 9.64. The zero-order chi connectivity index (χ0) is 23.7. The number of carbonyl (C=O) groups excluding carboxylic acids is 2. The van der Waals surface area contributed by atoms with Gasteiger partial charge in [0.2, 0.25) is 5.91 Å². The highest BCUT2D eigenvalue weighted by molar-refractivity contribution is 6.01. The monoisotopic (exact) mass is 460 g/mol. The Kier molecular flexibility index (Phi) is 6.37. The fourth-order valence-electron chi connectivity index (χ4n) is 5.20. The highest BCUT2D eigenvalue weighted by Gasteiger charge is 2.38. The number of ether oxygens (including phenoxy) is 1. The molecule has 2 N–H and O–H groups in total. The Morgan fingerprint density at radius 1 is 1.18 bits per heavy atom. The van der Waals surface area contributed by atoms with Crippen LogP contribution in [0, 0.1) is 6.92 Å². The van der Waals surface area contributed by atoms with E-state index in [1.807, 2.05) is 37.4 Å². The standard InChI is InChI=1S/C27H32N4O3/c1-17-7-9-19(14-28-17)15-29-23-5-3-4-6-25(23)34-21-10-11-22-20(13-21)16-31(27(22)33)24-12-8-18(2)30-26(24)32/h7,9-11,13-14,23-25,29H,2-6,8,12,15-16H2,1H3,(H,30,32)/t23-,24?,25-/m0/s1. The lowest BCUT2D eigenvalue weighted by Gasteiger charge is -2.33. The molecule has 1 unspecified atom stereocenters. The number of fused-ring (bicyclic) bond motifs is 1. The first kappa shape index (κ1) is 22.6. The molecule has 7 nitrogen and oxygen atoms in total. The maximum Gasteiger partial charge on any atom is 0.255 e. The van der Waals surface area contributed by atoms with Gasteiger partial charge in [-0.25, -0.2) is 0 Å². The van der Waals surface area contributed by atoms with Crippen molar-refractivity contribution in [3.05, 3.63) is 71.2 Å². The summed E-state index contributed by atoms with van der Waals surface area (Å²) in [6, 6.07) is 9.67. The van der Waals surface area contributed by atoms with Crippen LogP contribution in [0.15, 0.2) is 48.8 Å². The Morgan fingerprint density at radius 3 is 2.82 bits per heavy atom. The van der Waals surface area contributed by atoms with E-state index in [-0.39, 0.29) is 24.0 Å². The minimum Gasteiger partial charge on any atom is -0.489 e. The number of hydrogen-bond donors (Lipinski definition) is 2. The maximum atomic E-state index is 13.0. The molecular formula is C27H32N4O3. The lowest BCUT2D eigenvalue weighted by molar-refractivity contribution is -0.126. The van der Waals surface area contributed by atoms with Crippen molar-refractivity contribution in [2.75, 3.05) is 0 Å². The molecule has 0 spiro atoms. The predicted molar refractivity (Wildman–Crippen MR) is 129 cm³/mol. The van der Waals surface area contributed by atoms with Gasteiger partial charge >= 0.3 is 0 Å². The van der Waals surface area contributed by atoms with Crippen molar-refractivity contribution in [1.29, 1.82) is 0 Å². The van der Waals surface area contributed by atoms with Crippen molar-refractivity contribution >= 4 is 11.8 Å². The molecule has 3 aliphatic rings. The molecule has 178 valence electrons. The number of pyridine rings is 1. The van der Waals surface area contributed by atoms with Crippen molar-refractivity contribution in [2.45, 2.75) is 76.7 Å². The van der Waals surface area contributed by atoms with Crippen LogP contribution in [0.4, 0.5) is 0 Å². The number of nitrogens with one attached hydrogen (secondary N) is 2. The topological polar surface area (TPSA) is 83.6 Å². The lowest BCUT2D eigenvalue weighted by atomic mass is 9.92. The third kappa shape index (κ3) is 4.71. The van der Waals surface area contributed by atoms with Crippen LogP contribution in [-0.4, -0.2) is 39.9 Å². The van der Waals surface area contributed by atoms with E-state index in [1.165, 1.54) is 12.0 Å². The third-order valence-electron chi connectivity index (χ3n) is 7.14. The first-order valence-corrected chi connectivity index (χ1v) is 12.2. The van der Waals surface area contributed by atoms with Gasteiger partial charge in [0, 0.05) is 42.3 Å². The van der Waals surface area contributed by atoms with Gasteiger partial charge in [-0.1, -0.05) is 19.1 Å². The van der Waals surface area contributed by atoms with Crippen molar-refractivity contribution in [3.63, 3.8) is 0 Å². The molecular weight excluding hydrogens is 428 g/mol. The Labute approximate surface area is 200 Å². The highest BCUT2D eigenvalue weighted by Crippen LogP contribution is 2.32. The Morgan fingerprint density at radius 2 is 2.03 bits per heavy atom. The van der Waals surface area contributed by atoms with E-state index in [1.54, 1.807) is 4.90 Å². The normalized spacial score (nSPS) is 24.7. The molecule has 7 heteroatoms. The number of amides is 2. The summed E-state index contributed by atoms with van der Waals surface area (Å²) in [5.41, 5.74) is 4.49. The number of rotatable bonds is 6. The van der Waals surface area contributed by atoms with E-state index in [0.29, 0.717) is 24.9 Å². The van der Waals surface area contributed by atoms with Crippen LogP contribution in [-0.2, 0) is 17.9 Å². The largest absolute Gasteiger partial charge is 0.489 e. The number of allylic oxidation sites excluding steroid dienone is 1. The molecule has 2 amide bonds. The molecule has 5 rings (SSSR count). The predicted octanol–water partition coefficient (Wildman–Crippen LogP) is 3.62. The summed E-state index contributed by atoms with van der Waals surface area (Å²) in [4.78, 5) is 31.5. The van der Waals surface area contributed by atoms with Gasteiger partial charge in [0.05, 0.1) is 0 Å². The van der Waals surface area contributed by atoms with E-state index in [2.05, 4.69) is 28.3 Å². The zero-order valence-electron chi connectivity index (χ0n) is 19.7. The summed E-state index contributed by atoms with van der Waals surface area (Å²) >= 11 is 0. The maximum absolute atomic E-state index is 13.0. The molecule has 1 aromatic carbocycles. The van der Waals surface area contributed by atoms with E-state index >= 15 is 0 Å². The summed E-state index contributed by atoms with van der Waals surface area (Å²) in [7, 11) is 0. The van der Waals surface area contributed by atoms with Crippen molar-refractivity contribution in [3.8, 4) is 5.75 Å². The number of piperidine rings is 1. The van der Waals surface area contributed by atoms with E-state index in [0.717, 1.165) is 48.5 Å². The molecule has 0 radical (unpaired) electrons. The number of nitrogens with zero attached hydrogens (tertiary/aromatic N) is 2. The average Bonchev–Trinajstić information content (AvgIpc) is 3.15. The molecule has 2 fully saturated rings. The molecule has 34 heavy (non-hydrogen) atoms. The number of aryl methyl sites for hydroxylation is 1. The van der Waals surface area contributed by atoms with Gasteiger partial charge in [-0.05, 0) is 74.4 Å². The fourth-order valence-corrected chi connectivity index (χ4v) is 5.20. The zero-order valence-corrected chi connectivity index (χ0v) is 19.7. The van der Waals surface area contributed by atoms with Crippen LogP contribution < -0.4 is 15.4 Å². The molecule has 1 aromatic heterocycles. The number of carbonyl (C=O) groups is 2. The van der Waals surface area contributed by atoms with Crippen LogP contribution in [0.2, 0.25) is 0 Å². The quantitative estimate of drug-likeness (QED) is 0.688.